The minimum Gasteiger partial charge on any atom is -0.497 e. The molecule has 2 aromatic rings. The van der Waals surface area contributed by atoms with E-state index in [1.165, 1.54) is 27.4 Å². The maximum Gasteiger partial charge on any atom is 0.342 e. The molecule has 7 nitrogen and oxygen atoms in total. The predicted octanol–water partition coefficient (Wildman–Crippen LogP) is 2.51. The number of methoxy groups -OCH3 is 3. The number of ether oxygens (including phenoxy) is 4. The van der Waals surface area contributed by atoms with Gasteiger partial charge in [0.05, 0.1) is 27.0 Å². The number of hydrogen-bond acceptors (Lipinski definition) is 6. The number of benzene rings is 2. The van der Waals surface area contributed by atoms with E-state index < -0.39 is 18.5 Å². The van der Waals surface area contributed by atoms with Gasteiger partial charge in [0.2, 0.25) is 0 Å². The van der Waals surface area contributed by atoms with E-state index >= 15 is 0 Å². The lowest BCUT2D eigenvalue weighted by Gasteiger charge is -2.11. The fourth-order valence-electron chi connectivity index (χ4n) is 2.12. The summed E-state index contributed by atoms with van der Waals surface area (Å²) in [4.78, 5) is 24.2. The number of carbonyl (C=O) groups excluding carboxylic acids is 2. The molecule has 0 unspecified atom stereocenters. The van der Waals surface area contributed by atoms with Gasteiger partial charge in [0.15, 0.2) is 6.61 Å². The van der Waals surface area contributed by atoms with Crippen LogP contribution >= 0.6 is 0 Å². The molecule has 0 aliphatic rings. The van der Waals surface area contributed by atoms with Crippen molar-refractivity contribution in [2.75, 3.05) is 33.3 Å². The molecule has 25 heavy (non-hydrogen) atoms. The van der Waals surface area contributed by atoms with Crippen LogP contribution in [0.2, 0.25) is 0 Å². The lowest BCUT2D eigenvalue weighted by Crippen LogP contribution is -2.21. The van der Waals surface area contributed by atoms with Crippen LogP contribution in [0.3, 0.4) is 0 Å². The van der Waals surface area contributed by atoms with E-state index in [-0.39, 0.29) is 5.56 Å². The Labute approximate surface area is 145 Å². The van der Waals surface area contributed by atoms with E-state index in [1.54, 1.807) is 36.4 Å². The van der Waals surface area contributed by atoms with E-state index in [9.17, 15) is 9.59 Å². The van der Waals surface area contributed by atoms with Crippen molar-refractivity contribution in [1.82, 2.24) is 0 Å². The van der Waals surface area contributed by atoms with Gasteiger partial charge in [-0.1, -0.05) is 12.1 Å². The lowest BCUT2D eigenvalue weighted by molar-refractivity contribution is -0.119. The summed E-state index contributed by atoms with van der Waals surface area (Å²) >= 11 is 0. The van der Waals surface area contributed by atoms with Gasteiger partial charge in [0.25, 0.3) is 5.91 Å². The molecule has 0 bridgehead atoms. The average molecular weight is 345 g/mol. The van der Waals surface area contributed by atoms with Crippen molar-refractivity contribution in [1.29, 1.82) is 0 Å². The largest absolute Gasteiger partial charge is 0.497 e. The number of anilines is 1. The fourth-order valence-corrected chi connectivity index (χ4v) is 2.12. The van der Waals surface area contributed by atoms with Crippen molar-refractivity contribution < 1.29 is 28.5 Å². The Hall–Kier alpha value is -3.22. The van der Waals surface area contributed by atoms with Gasteiger partial charge in [-0.15, -0.1) is 0 Å². The summed E-state index contributed by atoms with van der Waals surface area (Å²) in [5, 5.41) is 2.62. The Bertz CT molecular complexity index is 759. The highest BCUT2D eigenvalue weighted by Gasteiger charge is 2.17. The van der Waals surface area contributed by atoms with E-state index in [1.807, 2.05) is 0 Å². The van der Waals surface area contributed by atoms with Crippen LogP contribution in [0, 0.1) is 0 Å². The number of nitrogens with one attached hydrogen (secondary N) is 1. The highest BCUT2D eigenvalue weighted by molar-refractivity contribution is 5.97. The number of hydrogen-bond donors (Lipinski definition) is 1. The zero-order chi connectivity index (χ0) is 18.2. The number of esters is 1. The van der Waals surface area contributed by atoms with Crippen LogP contribution in [0.25, 0.3) is 0 Å². The second kappa shape index (κ2) is 8.58. The third kappa shape index (κ3) is 4.63. The van der Waals surface area contributed by atoms with E-state index in [0.29, 0.717) is 22.9 Å². The summed E-state index contributed by atoms with van der Waals surface area (Å²) in [5.74, 6) is 0.143. The molecule has 132 valence electrons. The molecule has 2 aromatic carbocycles. The van der Waals surface area contributed by atoms with Crippen LogP contribution in [-0.4, -0.2) is 39.8 Å². The van der Waals surface area contributed by atoms with Crippen molar-refractivity contribution in [3.8, 4) is 17.2 Å². The molecule has 7 heteroatoms. The summed E-state index contributed by atoms with van der Waals surface area (Å²) in [6.45, 7) is -0.447. The van der Waals surface area contributed by atoms with Crippen molar-refractivity contribution in [2.24, 2.45) is 0 Å². The third-order valence-corrected chi connectivity index (χ3v) is 3.34. The van der Waals surface area contributed by atoms with Crippen molar-refractivity contribution in [3.05, 3.63) is 48.0 Å². The minimum atomic E-state index is -0.689. The van der Waals surface area contributed by atoms with E-state index in [2.05, 4.69) is 5.32 Å². The van der Waals surface area contributed by atoms with Crippen LogP contribution in [0.1, 0.15) is 10.4 Å². The van der Waals surface area contributed by atoms with Gasteiger partial charge >= 0.3 is 5.97 Å². The standard InChI is InChI=1S/C18H19NO6/c1-22-12-8-9-15(23-2)13(10-12)18(21)25-11-17(20)19-14-6-4-5-7-16(14)24-3/h4-10H,11H2,1-3H3,(H,19,20). The maximum absolute atomic E-state index is 12.2. The minimum absolute atomic E-state index is 0.173. The van der Waals surface area contributed by atoms with Gasteiger partial charge in [-0.2, -0.15) is 0 Å². The Kier molecular flexibility index (Phi) is 6.22. The summed E-state index contributed by atoms with van der Waals surface area (Å²) in [5.41, 5.74) is 0.664. The normalized spacial score (nSPS) is 9.88. The molecule has 0 aromatic heterocycles. The first-order chi connectivity index (χ1) is 12.1. The Morgan fingerprint density at radius 3 is 2.32 bits per heavy atom. The molecule has 0 fully saturated rings. The van der Waals surface area contributed by atoms with Crippen LogP contribution in [0.15, 0.2) is 42.5 Å². The van der Waals surface area contributed by atoms with Gasteiger partial charge in [-0.3, -0.25) is 4.79 Å². The Morgan fingerprint density at radius 1 is 0.920 bits per heavy atom. The van der Waals surface area contributed by atoms with Gasteiger partial charge in [-0.25, -0.2) is 4.79 Å². The number of para-hydroxylation sites is 2. The quantitative estimate of drug-likeness (QED) is 0.777. The van der Waals surface area contributed by atoms with Gasteiger partial charge in [0, 0.05) is 0 Å². The fraction of sp³-hybridized carbons (Fsp3) is 0.222. The molecule has 0 spiro atoms. The SMILES string of the molecule is COc1ccc(OC)c(C(=O)OCC(=O)Nc2ccccc2OC)c1. The molecular weight excluding hydrogens is 326 g/mol. The van der Waals surface area contributed by atoms with Crippen LogP contribution in [0.4, 0.5) is 5.69 Å². The molecule has 1 N–H and O–H groups in total. The third-order valence-electron chi connectivity index (χ3n) is 3.34. The lowest BCUT2D eigenvalue weighted by atomic mass is 10.2. The van der Waals surface area contributed by atoms with Gasteiger partial charge < -0.3 is 24.3 Å². The molecule has 0 saturated heterocycles. The van der Waals surface area contributed by atoms with Crippen molar-refractivity contribution in [3.63, 3.8) is 0 Å². The zero-order valence-corrected chi connectivity index (χ0v) is 14.2. The molecule has 0 radical (unpaired) electrons. The highest BCUT2D eigenvalue weighted by Crippen LogP contribution is 2.25. The predicted molar refractivity (Wildman–Crippen MR) is 91.5 cm³/mol. The number of amides is 1. The van der Waals surface area contributed by atoms with Crippen LogP contribution < -0.4 is 19.5 Å². The van der Waals surface area contributed by atoms with Crippen molar-refractivity contribution in [2.45, 2.75) is 0 Å². The topological polar surface area (TPSA) is 83.1 Å². The summed E-state index contributed by atoms with van der Waals surface area (Å²) in [7, 11) is 4.42. The molecule has 0 aliphatic carbocycles. The van der Waals surface area contributed by atoms with Crippen molar-refractivity contribution >= 4 is 17.6 Å². The van der Waals surface area contributed by atoms with Gasteiger partial charge in [-0.05, 0) is 30.3 Å². The number of carbonyl (C=O) groups is 2. The first kappa shape index (κ1) is 18.1. The summed E-state index contributed by atoms with van der Waals surface area (Å²) < 4.78 is 20.4. The van der Waals surface area contributed by atoms with E-state index in [0.717, 1.165) is 0 Å². The summed E-state index contributed by atoms with van der Waals surface area (Å²) in [6.07, 6.45) is 0. The molecule has 0 saturated carbocycles. The average Bonchev–Trinajstić information content (AvgIpc) is 2.65. The molecule has 1 amide bonds. The van der Waals surface area contributed by atoms with Crippen LogP contribution in [-0.2, 0) is 9.53 Å². The molecule has 0 heterocycles. The van der Waals surface area contributed by atoms with Crippen LogP contribution in [0.5, 0.6) is 17.2 Å². The zero-order valence-electron chi connectivity index (χ0n) is 14.2. The van der Waals surface area contributed by atoms with E-state index in [4.69, 9.17) is 18.9 Å². The molecule has 0 atom stereocenters. The summed E-state index contributed by atoms with van der Waals surface area (Å²) in [6, 6.07) is 11.7. The van der Waals surface area contributed by atoms with Gasteiger partial charge in [0.1, 0.15) is 22.8 Å². The smallest absolute Gasteiger partial charge is 0.342 e. The highest BCUT2D eigenvalue weighted by atomic mass is 16.5. The number of rotatable bonds is 7. The Morgan fingerprint density at radius 2 is 1.64 bits per heavy atom. The molecular formula is C18H19NO6. The maximum atomic E-state index is 12.2. The Balaban J connectivity index is 2.01. The molecule has 0 aliphatic heterocycles. The first-order valence-corrected chi connectivity index (χ1v) is 7.41. The monoisotopic (exact) mass is 345 g/mol. The first-order valence-electron chi connectivity index (χ1n) is 7.41. The second-order valence-electron chi connectivity index (χ2n) is 4.89. The second-order valence-corrected chi connectivity index (χ2v) is 4.89. The molecule has 2 rings (SSSR count).